The van der Waals surface area contributed by atoms with Crippen molar-refractivity contribution in [2.24, 2.45) is 0 Å². The molecule has 0 aromatic heterocycles. The first-order valence-electron chi connectivity index (χ1n) is 3.01. The molecule has 1 radical (unpaired) electrons. The number of hydrogen-bond acceptors (Lipinski definition) is 3. The normalized spacial score (nSPS) is 11.8. The van der Waals surface area contributed by atoms with Crippen molar-refractivity contribution in [3.63, 3.8) is 0 Å². The Morgan fingerprint density at radius 1 is 1.80 bits per heavy atom. The summed E-state index contributed by atoms with van der Waals surface area (Å²) in [6.07, 6.45) is 1.01. The van der Waals surface area contributed by atoms with E-state index in [-0.39, 0.29) is 0 Å². The molecule has 0 fully saturated rings. The zero-order chi connectivity index (χ0) is 7.98. The van der Waals surface area contributed by atoms with Gasteiger partial charge >= 0.3 is 6.09 Å². The van der Waals surface area contributed by atoms with Crippen molar-refractivity contribution in [1.29, 1.82) is 0 Å². The van der Waals surface area contributed by atoms with Crippen LogP contribution in [0.15, 0.2) is 0 Å². The van der Waals surface area contributed by atoms with E-state index in [1.54, 1.807) is 13.2 Å². The minimum Gasteiger partial charge on any atom is -0.450 e. The molecule has 4 nitrogen and oxygen atoms in total. The van der Waals surface area contributed by atoms with Crippen molar-refractivity contribution >= 4 is 12.4 Å². The van der Waals surface area contributed by atoms with Crippen LogP contribution in [0.5, 0.6) is 0 Å². The topological polar surface area (TPSA) is 55.4 Å². The lowest BCUT2D eigenvalue weighted by atomic mass is 10.4. The van der Waals surface area contributed by atoms with E-state index < -0.39 is 12.1 Å². The average molecular weight is 144 g/mol. The molecular weight excluding hydrogens is 134 g/mol. The summed E-state index contributed by atoms with van der Waals surface area (Å²) in [5, 5.41) is 2.25. The monoisotopic (exact) mass is 144 g/mol. The molecular formula is C6H10NO3. The molecule has 0 aliphatic heterocycles. The fourth-order valence-electron chi connectivity index (χ4n) is 0.379. The van der Waals surface area contributed by atoms with E-state index in [0.29, 0.717) is 6.61 Å². The van der Waals surface area contributed by atoms with E-state index in [1.807, 2.05) is 0 Å². The van der Waals surface area contributed by atoms with Gasteiger partial charge in [0.15, 0.2) is 0 Å². The van der Waals surface area contributed by atoms with E-state index in [1.165, 1.54) is 6.92 Å². The van der Waals surface area contributed by atoms with Crippen molar-refractivity contribution in [1.82, 2.24) is 5.32 Å². The largest absolute Gasteiger partial charge is 0.450 e. The second-order valence-corrected chi connectivity index (χ2v) is 1.70. The van der Waals surface area contributed by atoms with Gasteiger partial charge in [0, 0.05) is 0 Å². The fraction of sp³-hybridized carbons (Fsp3) is 0.667. The smallest absolute Gasteiger partial charge is 0.407 e. The Balaban J connectivity index is 3.46. The second-order valence-electron chi connectivity index (χ2n) is 1.70. The summed E-state index contributed by atoms with van der Waals surface area (Å²) >= 11 is 0. The van der Waals surface area contributed by atoms with Gasteiger partial charge in [-0.2, -0.15) is 0 Å². The molecule has 0 aliphatic rings. The minimum atomic E-state index is -0.598. The maximum absolute atomic E-state index is 10.5. The van der Waals surface area contributed by atoms with Gasteiger partial charge in [0.05, 0.1) is 12.6 Å². The number of alkyl carbamates (subject to hydrolysis) is 1. The standard InChI is InChI=1S/C6H10NO3/c1-3-10-6(9)7-5(2)4-8/h5H,3H2,1-2H3,(H,7,9)/t5-/m0/s1. The Kier molecular flexibility index (Phi) is 4.28. The van der Waals surface area contributed by atoms with Crippen LogP contribution in [0.4, 0.5) is 4.79 Å². The number of amides is 1. The van der Waals surface area contributed by atoms with Crippen LogP contribution < -0.4 is 5.32 Å². The summed E-state index contributed by atoms with van der Waals surface area (Å²) in [6.45, 7) is 3.51. The van der Waals surface area contributed by atoms with Gasteiger partial charge < -0.3 is 10.1 Å². The zero-order valence-corrected chi connectivity index (χ0v) is 6.01. The molecule has 0 unspecified atom stereocenters. The first-order valence-corrected chi connectivity index (χ1v) is 3.01. The van der Waals surface area contributed by atoms with Gasteiger partial charge in [0.2, 0.25) is 6.29 Å². The third-order valence-electron chi connectivity index (χ3n) is 0.787. The molecule has 0 aromatic rings. The number of hydrogen-bond donors (Lipinski definition) is 1. The van der Waals surface area contributed by atoms with E-state index in [2.05, 4.69) is 10.1 Å². The van der Waals surface area contributed by atoms with E-state index in [4.69, 9.17) is 0 Å². The molecule has 0 saturated heterocycles. The Bertz CT molecular complexity index is 124. The molecule has 57 valence electrons. The first kappa shape index (κ1) is 8.94. The van der Waals surface area contributed by atoms with Crippen LogP contribution in [-0.2, 0) is 9.53 Å². The van der Waals surface area contributed by atoms with Gasteiger partial charge in [-0.1, -0.05) is 0 Å². The van der Waals surface area contributed by atoms with E-state index in [0.717, 1.165) is 0 Å². The minimum absolute atomic E-state index is 0.303. The van der Waals surface area contributed by atoms with E-state index in [9.17, 15) is 9.59 Å². The molecule has 0 rings (SSSR count). The third-order valence-corrected chi connectivity index (χ3v) is 0.787. The summed E-state index contributed by atoms with van der Waals surface area (Å²) in [6, 6.07) is -0.598. The van der Waals surface area contributed by atoms with Crippen LogP contribution in [0.2, 0.25) is 0 Å². The number of carbonyl (C=O) groups is 1. The van der Waals surface area contributed by atoms with Crippen LogP contribution in [-0.4, -0.2) is 25.0 Å². The van der Waals surface area contributed by atoms with Gasteiger partial charge in [-0.25, -0.2) is 4.79 Å². The Morgan fingerprint density at radius 2 is 2.40 bits per heavy atom. The SMILES string of the molecule is CCOC(=O)N[C@@H](C)[C]=O. The Hall–Kier alpha value is -1.06. The van der Waals surface area contributed by atoms with Crippen LogP contribution in [0, 0.1) is 0 Å². The highest BCUT2D eigenvalue weighted by Crippen LogP contribution is 1.79. The van der Waals surface area contributed by atoms with Crippen LogP contribution in [0.3, 0.4) is 0 Å². The highest BCUT2D eigenvalue weighted by molar-refractivity contribution is 5.72. The first-order chi connectivity index (χ1) is 4.70. The van der Waals surface area contributed by atoms with Crippen molar-refractivity contribution in [3.8, 4) is 0 Å². The molecule has 0 spiro atoms. The van der Waals surface area contributed by atoms with Gasteiger partial charge in [0.1, 0.15) is 0 Å². The summed E-state index contributed by atoms with van der Waals surface area (Å²) in [5.74, 6) is 0. The summed E-state index contributed by atoms with van der Waals surface area (Å²) in [7, 11) is 0. The van der Waals surface area contributed by atoms with E-state index >= 15 is 0 Å². The molecule has 1 amide bonds. The predicted octanol–water partition coefficient (Wildman–Crippen LogP) is 0.231. The highest BCUT2D eigenvalue weighted by atomic mass is 16.5. The summed E-state index contributed by atoms with van der Waals surface area (Å²) in [4.78, 5) is 20.3. The number of carbonyl (C=O) groups excluding carboxylic acids is 2. The lowest BCUT2D eigenvalue weighted by Crippen LogP contribution is -2.33. The van der Waals surface area contributed by atoms with Gasteiger partial charge in [-0.05, 0) is 13.8 Å². The van der Waals surface area contributed by atoms with Crippen LogP contribution in [0.1, 0.15) is 13.8 Å². The van der Waals surface area contributed by atoms with Crippen molar-refractivity contribution in [2.45, 2.75) is 19.9 Å². The van der Waals surface area contributed by atoms with Crippen LogP contribution >= 0.6 is 0 Å². The van der Waals surface area contributed by atoms with Gasteiger partial charge in [-0.15, -0.1) is 0 Å². The van der Waals surface area contributed by atoms with Gasteiger partial charge in [-0.3, -0.25) is 4.79 Å². The fourth-order valence-corrected chi connectivity index (χ4v) is 0.379. The van der Waals surface area contributed by atoms with Crippen molar-refractivity contribution < 1.29 is 14.3 Å². The molecule has 0 saturated carbocycles. The highest BCUT2D eigenvalue weighted by Gasteiger charge is 2.05. The molecule has 0 bridgehead atoms. The Morgan fingerprint density at radius 3 is 2.80 bits per heavy atom. The van der Waals surface area contributed by atoms with Crippen molar-refractivity contribution in [2.75, 3.05) is 6.61 Å². The lowest BCUT2D eigenvalue weighted by Gasteiger charge is -2.05. The maximum Gasteiger partial charge on any atom is 0.407 e. The predicted molar refractivity (Wildman–Crippen MR) is 35.3 cm³/mol. The average Bonchev–Trinajstić information content (AvgIpc) is 1.88. The van der Waals surface area contributed by atoms with Crippen molar-refractivity contribution in [3.05, 3.63) is 0 Å². The molecule has 10 heavy (non-hydrogen) atoms. The second kappa shape index (κ2) is 4.78. The molecule has 0 heterocycles. The summed E-state index contributed by atoms with van der Waals surface area (Å²) in [5.41, 5.74) is 0. The molecule has 1 N–H and O–H groups in total. The number of nitrogens with one attached hydrogen (secondary N) is 1. The quantitative estimate of drug-likeness (QED) is 0.616. The molecule has 1 atom stereocenters. The molecule has 0 aliphatic carbocycles. The molecule has 4 heteroatoms. The van der Waals surface area contributed by atoms with Crippen LogP contribution in [0.25, 0.3) is 0 Å². The third kappa shape index (κ3) is 3.88. The zero-order valence-electron chi connectivity index (χ0n) is 6.01. The Labute approximate surface area is 59.6 Å². The lowest BCUT2D eigenvalue weighted by molar-refractivity contribution is 0.151. The van der Waals surface area contributed by atoms with Gasteiger partial charge in [0.25, 0.3) is 0 Å². The number of ether oxygens (including phenoxy) is 1. The maximum atomic E-state index is 10.5. The number of rotatable bonds is 3. The molecule has 0 aromatic carbocycles. The summed E-state index contributed by atoms with van der Waals surface area (Å²) < 4.78 is 4.49.